The average molecular weight is 740 g/mol. The lowest BCUT2D eigenvalue weighted by Gasteiger charge is -2.31. The third-order valence-electron chi connectivity index (χ3n) is 14.8. The molecule has 4 aliphatic rings. The molecule has 7 aromatic rings. The molecule has 1 heteroatoms. The minimum Gasteiger partial charge on any atom is -0.310 e. The fraction of sp³-hybridized carbons (Fsp3) is 0.286. The molecule has 3 saturated carbocycles. The number of nitrogens with zero attached hydrogens (tertiary/aromatic N) is 1. The summed E-state index contributed by atoms with van der Waals surface area (Å²) in [7, 11) is 0. The highest BCUT2D eigenvalue weighted by molar-refractivity contribution is 5.97. The van der Waals surface area contributed by atoms with Crippen LogP contribution in [0.2, 0.25) is 0 Å². The van der Waals surface area contributed by atoms with Gasteiger partial charge in [0.05, 0.1) is 5.69 Å². The molecule has 0 aromatic heterocycles. The van der Waals surface area contributed by atoms with E-state index >= 15 is 0 Å². The van der Waals surface area contributed by atoms with E-state index in [9.17, 15) is 0 Å². The van der Waals surface area contributed by atoms with Crippen LogP contribution < -0.4 is 4.90 Å². The summed E-state index contributed by atoms with van der Waals surface area (Å²) in [6, 6.07) is 58.3. The number of hydrogen-bond acceptors (Lipinski definition) is 1. The normalized spacial score (nSPS) is 20.8. The zero-order valence-electron chi connectivity index (χ0n) is 33.6. The highest BCUT2D eigenvalue weighted by Gasteiger charge is 2.40. The second kappa shape index (κ2) is 13.9. The van der Waals surface area contributed by atoms with Gasteiger partial charge >= 0.3 is 0 Å². The van der Waals surface area contributed by atoms with Gasteiger partial charge in [-0.05, 0) is 153 Å². The van der Waals surface area contributed by atoms with Crippen LogP contribution in [0.5, 0.6) is 0 Å². The molecule has 282 valence electrons. The van der Waals surface area contributed by atoms with Gasteiger partial charge in [0.15, 0.2) is 0 Å². The van der Waals surface area contributed by atoms with Gasteiger partial charge in [0.25, 0.3) is 0 Å². The van der Waals surface area contributed by atoms with Crippen LogP contribution in [0.25, 0.3) is 44.2 Å². The Kier molecular flexibility index (Phi) is 8.50. The van der Waals surface area contributed by atoms with Crippen LogP contribution in [0, 0.1) is 11.8 Å². The van der Waals surface area contributed by atoms with E-state index in [4.69, 9.17) is 0 Å². The third kappa shape index (κ3) is 5.88. The average Bonchev–Trinajstić information content (AvgIpc) is 3.97. The van der Waals surface area contributed by atoms with Crippen molar-refractivity contribution in [3.8, 4) is 33.4 Å². The van der Waals surface area contributed by atoms with Crippen molar-refractivity contribution in [3.63, 3.8) is 0 Å². The first-order valence-corrected chi connectivity index (χ1v) is 21.9. The van der Waals surface area contributed by atoms with Crippen LogP contribution >= 0.6 is 0 Å². The van der Waals surface area contributed by atoms with Crippen molar-refractivity contribution in [1.82, 2.24) is 0 Å². The van der Waals surface area contributed by atoms with Crippen molar-refractivity contribution >= 4 is 27.8 Å². The topological polar surface area (TPSA) is 3.24 Å². The summed E-state index contributed by atoms with van der Waals surface area (Å²) < 4.78 is 0. The quantitative estimate of drug-likeness (QED) is 0.157. The number of para-hydroxylation sites is 1. The summed E-state index contributed by atoms with van der Waals surface area (Å²) in [5.41, 5.74) is 17.4. The van der Waals surface area contributed by atoms with Crippen LogP contribution in [0.3, 0.4) is 0 Å². The number of hydrogen-bond donors (Lipinski definition) is 0. The van der Waals surface area contributed by atoms with Crippen LogP contribution in [0.4, 0.5) is 17.1 Å². The molecular weight excluding hydrogens is 687 g/mol. The van der Waals surface area contributed by atoms with Crippen molar-refractivity contribution in [2.75, 3.05) is 4.90 Å². The minimum atomic E-state index is -0.155. The minimum absolute atomic E-state index is 0.155. The molecule has 2 bridgehead atoms. The molecule has 0 heterocycles. The number of anilines is 3. The second-order valence-corrected chi connectivity index (χ2v) is 18.3. The van der Waals surface area contributed by atoms with E-state index < -0.39 is 0 Å². The van der Waals surface area contributed by atoms with Crippen molar-refractivity contribution in [1.29, 1.82) is 0 Å². The molecule has 7 aromatic carbocycles. The first-order valence-electron chi connectivity index (χ1n) is 21.9. The Morgan fingerprint density at radius 1 is 0.509 bits per heavy atom. The maximum absolute atomic E-state index is 2.57. The zero-order chi connectivity index (χ0) is 38.1. The predicted octanol–water partition coefficient (Wildman–Crippen LogP) is 15.9. The van der Waals surface area contributed by atoms with Crippen molar-refractivity contribution in [3.05, 3.63) is 174 Å². The fourth-order valence-corrected chi connectivity index (χ4v) is 11.9. The lowest BCUT2D eigenvalue weighted by atomic mass is 9.80. The molecule has 57 heavy (non-hydrogen) atoms. The van der Waals surface area contributed by atoms with E-state index in [1.165, 1.54) is 141 Å². The van der Waals surface area contributed by atoms with Gasteiger partial charge in [-0.3, -0.25) is 0 Å². The third-order valence-corrected chi connectivity index (χ3v) is 14.8. The van der Waals surface area contributed by atoms with Crippen molar-refractivity contribution in [2.45, 2.75) is 88.9 Å². The number of rotatable bonds is 7. The lowest BCUT2D eigenvalue weighted by Crippen LogP contribution is -2.17. The Morgan fingerprint density at radius 3 is 2.05 bits per heavy atom. The first kappa shape index (κ1) is 34.8. The molecule has 0 spiro atoms. The molecule has 0 amide bonds. The van der Waals surface area contributed by atoms with Crippen LogP contribution in [-0.2, 0) is 5.41 Å². The highest BCUT2D eigenvalue weighted by atomic mass is 15.1. The van der Waals surface area contributed by atoms with Gasteiger partial charge < -0.3 is 4.90 Å². The van der Waals surface area contributed by atoms with Crippen molar-refractivity contribution < 1.29 is 0 Å². The predicted molar refractivity (Wildman–Crippen MR) is 241 cm³/mol. The van der Waals surface area contributed by atoms with E-state index in [0.717, 1.165) is 17.8 Å². The molecule has 0 saturated heterocycles. The SMILES string of the molecule is CC1(C)c2cc(N(c3ccc(C4CC5CCC4C5)cc3)c3ccccc3-c3ccccc3C3CCCCC3)ccc2-c2c(-c3ccc4ccccc4c3)cccc21. The van der Waals surface area contributed by atoms with Gasteiger partial charge in [0, 0.05) is 22.4 Å². The Morgan fingerprint density at radius 2 is 1.25 bits per heavy atom. The zero-order valence-corrected chi connectivity index (χ0v) is 33.6. The van der Waals surface area contributed by atoms with E-state index in [2.05, 4.69) is 170 Å². The van der Waals surface area contributed by atoms with Gasteiger partial charge in [0.1, 0.15) is 0 Å². The molecule has 0 N–H and O–H groups in total. The Bertz CT molecular complexity index is 2620. The first-order chi connectivity index (χ1) is 28.0. The fourth-order valence-electron chi connectivity index (χ4n) is 11.9. The molecule has 3 atom stereocenters. The summed E-state index contributed by atoms with van der Waals surface area (Å²) in [5.74, 6) is 3.15. The van der Waals surface area contributed by atoms with Gasteiger partial charge in [0.2, 0.25) is 0 Å². The summed E-state index contributed by atoms with van der Waals surface area (Å²) in [6.07, 6.45) is 12.3. The summed E-state index contributed by atoms with van der Waals surface area (Å²) >= 11 is 0. The molecule has 4 aliphatic carbocycles. The Labute approximate surface area is 339 Å². The summed E-state index contributed by atoms with van der Waals surface area (Å²) in [5, 5.41) is 2.57. The van der Waals surface area contributed by atoms with Crippen molar-refractivity contribution in [2.24, 2.45) is 11.8 Å². The largest absolute Gasteiger partial charge is 0.310 e. The maximum atomic E-state index is 2.57. The number of benzene rings is 7. The standard InChI is InChI=1S/C56H53N/c1-56(2)52-21-12-20-47(43-26-25-38-13-6-7-16-41(38)35-43)55(52)50-32-31-45(36-53(50)56)57(44-29-27-40(28-30-44)51-34-37-23-24-42(51)33-37)54-22-11-10-19-49(54)48-18-9-8-17-46(48)39-14-4-3-5-15-39/h6-13,16-22,25-32,35-37,39,42,51H,3-5,14-15,23-24,33-34H2,1-2H3. The van der Waals surface area contributed by atoms with Crippen LogP contribution in [0.15, 0.2) is 152 Å². The maximum Gasteiger partial charge on any atom is 0.0540 e. The Balaban J connectivity index is 1.06. The van der Waals surface area contributed by atoms with Gasteiger partial charge in [-0.25, -0.2) is 0 Å². The van der Waals surface area contributed by atoms with Crippen LogP contribution in [0.1, 0.15) is 106 Å². The van der Waals surface area contributed by atoms with E-state index in [-0.39, 0.29) is 5.41 Å². The smallest absolute Gasteiger partial charge is 0.0540 e. The monoisotopic (exact) mass is 739 g/mol. The van der Waals surface area contributed by atoms with E-state index in [0.29, 0.717) is 5.92 Å². The van der Waals surface area contributed by atoms with E-state index in [1.807, 2.05) is 0 Å². The lowest BCUT2D eigenvalue weighted by molar-refractivity contribution is 0.420. The summed E-state index contributed by atoms with van der Waals surface area (Å²) in [4.78, 5) is 2.57. The van der Waals surface area contributed by atoms with Gasteiger partial charge in [-0.1, -0.05) is 155 Å². The molecule has 3 fully saturated rings. The van der Waals surface area contributed by atoms with Gasteiger partial charge in [-0.15, -0.1) is 0 Å². The summed E-state index contributed by atoms with van der Waals surface area (Å²) in [6.45, 7) is 4.85. The molecule has 1 nitrogen and oxygen atoms in total. The van der Waals surface area contributed by atoms with Crippen LogP contribution in [-0.4, -0.2) is 0 Å². The van der Waals surface area contributed by atoms with Gasteiger partial charge in [-0.2, -0.15) is 0 Å². The molecule has 11 rings (SSSR count). The molecule has 0 radical (unpaired) electrons. The molecule has 3 unspecified atom stereocenters. The highest BCUT2D eigenvalue weighted by Crippen LogP contribution is 2.56. The Hall–Kier alpha value is -5.40. The number of fused-ring (bicyclic) bond motifs is 6. The molecule has 0 aliphatic heterocycles. The van der Waals surface area contributed by atoms with E-state index in [1.54, 1.807) is 0 Å². The second-order valence-electron chi connectivity index (χ2n) is 18.3. The molecular formula is C56H53N.